The topological polar surface area (TPSA) is 40.5 Å². The van der Waals surface area contributed by atoms with Gasteiger partial charge in [0.15, 0.2) is 0 Å². The molecule has 0 aliphatic heterocycles. The van der Waals surface area contributed by atoms with Crippen LogP contribution >= 0.6 is 0 Å². The summed E-state index contributed by atoms with van der Waals surface area (Å²) in [4.78, 5) is 0. The van der Waals surface area contributed by atoms with Gasteiger partial charge in [-0.25, -0.2) is 0 Å². The Morgan fingerprint density at radius 3 is 1.10 bits per heavy atom. The van der Waals surface area contributed by atoms with Crippen LogP contribution in [0.2, 0.25) is 0 Å². The number of aliphatic hydroxyl groups is 2. The van der Waals surface area contributed by atoms with Crippen molar-refractivity contribution >= 4 is 0 Å². The third-order valence-electron chi connectivity index (χ3n) is 1.03. The van der Waals surface area contributed by atoms with Gasteiger partial charge in [-0.2, -0.15) is 0 Å². The van der Waals surface area contributed by atoms with Gasteiger partial charge in [-0.15, -0.1) is 0 Å². The van der Waals surface area contributed by atoms with Crippen LogP contribution in [0.1, 0.15) is 27.7 Å². The zero-order chi connectivity index (χ0) is 8.57. The van der Waals surface area contributed by atoms with Crippen LogP contribution in [0.5, 0.6) is 0 Å². The van der Waals surface area contributed by atoms with E-state index in [-0.39, 0.29) is 0 Å². The van der Waals surface area contributed by atoms with E-state index in [0.29, 0.717) is 0 Å². The first kappa shape index (κ1) is 12.3. The predicted molar refractivity (Wildman–Crippen MR) is 43.8 cm³/mol. The molecule has 2 nitrogen and oxygen atoms in total. The summed E-state index contributed by atoms with van der Waals surface area (Å²) in [6.07, 6.45) is 2.81. The molecule has 0 aromatic heterocycles. The van der Waals surface area contributed by atoms with Gasteiger partial charge in [-0.05, 0) is 27.7 Å². The van der Waals surface area contributed by atoms with Crippen molar-refractivity contribution in [1.82, 2.24) is 0 Å². The number of rotatable bonds is 1. The van der Waals surface area contributed by atoms with Crippen LogP contribution in [0.25, 0.3) is 0 Å². The van der Waals surface area contributed by atoms with Crippen LogP contribution in [-0.2, 0) is 0 Å². The van der Waals surface area contributed by atoms with Crippen LogP contribution in [-0.4, -0.2) is 22.4 Å². The van der Waals surface area contributed by atoms with E-state index < -0.39 is 12.2 Å². The first-order valence-corrected chi connectivity index (χ1v) is 3.49. The van der Waals surface area contributed by atoms with Crippen LogP contribution in [0.3, 0.4) is 0 Å². The largest absolute Gasteiger partial charge is 0.391 e. The number of hydrogen-bond acceptors (Lipinski definition) is 2. The predicted octanol–water partition coefficient (Wildman–Crippen LogP) is 1.33. The summed E-state index contributed by atoms with van der Waals surface area (Å²) in [7, 11) is 0. The molecule has 0 amide bonds. The zero-order valence-corrected chi connectivity index (χ0v) is 7.20. The lowest BCUT2D eigenvalue weighted by atomic mass is 10.3. The van der Waals surface area contributed by atoms with Crippen molar-refractivity contribution in [2.24, 2.45) is 0 Å². The SMILES string of the molecule is C/C=C/C.C[C@H](O)[C@H](C)O. The Hall–Kier alpha value is -0.340. The maximum absolute atomic E-state index is 8.38. The van der Waals surface area contributed by atoms with Crippen LogP contribution in [0, 0.1) is 0 Å². The molecule has 0 aromatic carbocycles. The van der Waals surface area contributed by atoms with Crippen molar-refractivity contribution in [2.45, 2.75) is 39.9 Å². The minimum atomic E-state index is -0.593. The Labute approximate surface area is 63.2 Å². The molecule has 2 N–H and O–H groups in total. The molecule has 0 aliphatic rings. The standard InChI is InChI=1S/C4H10O2.C4H8/c1-3(5)4(2)6;1-3-4-2/h3-6H,1-2H3;3-4H,1-2H3/b;4-3+/t3-,4-;/m0./s1. The summed E-state index contributed by atoms with van der Waals surface area (Å²) in [5.41, 5.74) is 0. The lowest BCUT2D eigenvalue weighted by Gasteiger charge is -2.03. The second-order valence-corrected chi connectivity index (χ2v) is 2.15. The Balaban J connectivity index is 0. The molecule has 0 radical (unpaired) electrons. The highest BCUT2D eigenvalue weighted by molar-refractivity contribution is 4.68. The first-order valence-electron chi connectivity index (χ1n) is 3.49. The molecule has 62 valence electrons. The monoisotopic (exact) mass is 146 g/mol. The highest BCUT2D eigenvalue weighted by Gasteiger charge is 1.99. The van der Waals surface area contributed by atoms with E-state index in [4.69, 9.17) is 10.2 Å². The molecule has 0 unspecified atom stereocenters. The average Bonchev–Trinajstić information content (AvgIpc) is 1.89. The average molecular weight is 146 g/mol. The fraction of sp³-hybridized carbons (Fsp3) is 0.750. The molecule has 10 heavy (non-hydrogen) atoms. The molecule has 2 heteroatoms. The summed E-state index contributed by atoms with van der Waals surface area (Å²) in [6, 6.07) is 0. The molecule has 0 heterocycles. The van der Waals surface area contributed by atoms with Crippen molar-refractivity contribution in [3.8, 4) is 0 Å². The fourth-order valence-electron chi connectivity index (χ4n) is 0. The molecule has 2 atom stereocenters. The summed E-state index contributed by atoms with van der Waals surface area (Å²) in [6.45, 7) is 7.09. The summed E-state index contributed by atoms with van der Waals surface area (Å²) in [5.74, 6) is 0. The van der Waals surface area contributed by atoms with Crippen molar-refractivity contribution in [2.75, 3.05) is 0 Å². The van der Waals surface area contributed by atoms with Crippen molar-refractivity contribution in [3.63, 3.8) is 0 Å². The zero-order valence-electron chi connectivity index (χ0n) is 7.20. The molecule has 0 bridgehead atoms. The molecule has 0 saturated carbocycles. The number of hydrogen-bond donors (Lipinski definition) is 2. The molecule has 0 rings (SSSR count). The smallest absolute Gasteiger partial charge is 0.0768 e. The Bertz CT molecular complexity index is 65.3. The van der Waals surface area contributed by atoms with Gasteiger partial charge in [0.05, 0.1) is 12.2 Å². The summed E-state index contributed by atoms with van der Waals surface area (Å²) >= 11 is 0. The van der Waals surface area contributed by atoms with Crippen molar-refractivity contribution < 1.29 is 10.2 Å². The Morgan fingerprint density at radius 1 is 0.900 bits per heavy atom. The second kappa shape index (κ2) is 8.66. The lowest BCUT2D eigenvalue weighted by Crippen LogP contribution is -2.17. The van der Waals surface area contributed by atoms with Crippen LogP contribution in [0.4, 0.5) is 0 Å². The van der Waals surface area contributed by atoms with Crippen molar-refractivity contribution in [1.29, 1.82) is 0 Å². The van der Waals surface area contributed by atoms with Crippen LogP contribution in [0.15, 0.2) is 12.2 Å². The molecule has 0 spiro atoms. The van der Waals surface area contributed by atoms with Gasteiger partial charge in [0.1, 0.15) is 0 Å². The maximum Gasteiger partial charge on any atom is 0.0768 e. The molecule has 0 aromatic rings. The maximum atomic E-state index is 8.38. The first-order chi connectivity index (χ1) is 4.56. The highest BCUT2D eigenvalue weighted by atomic mass is 16.3. The van der Waals surface area contributed by atoms with Gasteiger partial charge in [0, 0.05) is 0 Å². The molecule has 0 fully saturated rings. The van der Waals surface area contributed by atoms with Gasteiger partial charge in [-0.3, -0.25) is 0 Å². The van der Waals surface area contributed by atoms with Gasteiger partial charge in [0.2, 0.25) is 0 Å². The Kier molecular flexibility index (Phi) is 10.7. The van der Waals surface area contributed by atoms with E-state index in [2.05, 4.69) is 0 Å². The highest BCUT2D eigenvalue weighted by Crippen LogP contribution is 1.85. The van der Waals surface area contributed by atoms with E-state index in [9.17, 15) is 0 Å². The molecular weight excluding hydrogens is 128 g/mol. The van der Waals surface area contributed by atoms with Gasteiger partial charge >= 0.3 is 0 Å². The van der Waals surface area contributed by atoms with Gasteiger partial charge < -0.3 is 10.2 Å². The van der Waals surface area contributed by atoms with Crippen LogP contribution < -0.4 is 0 Å². The lowest BCUT2D eigenvalue weighted by molar-refractivity contribution is 0.0438. The minimum Gasteiger partial charge on any atom is -0.391 e. The number of allylic oxidation sites excluding steroid dienone is 2. The van der Waals surface area contributed by atoms with Crippen molar-refractivity contribution in [3.05, 3.63) is 12.2 Å². The Morgan fingerprint density at radius 2 is 1.10 bits per heavy atom. The summed E-state index contributed by atoms with van der Waals surface area (Å²) in [5, 5.41) is 16.8. The normalized spacial score (nSPS) is 15.8. The van der Waals surface area contributed by atoms with E-state index in [1.54, 1.807) is 13.8 Å². The van der Waals surface area contributed by atoms with E-state index in [1.165, 1.54) is 0 Å². The van der Waals surface area contributed by atoms with Gasteiger partial charge in [0.25, 0.3) is 0 Å². The minimum absolute atomic E-state index is 0.593. The summed E-state index contributed by atoms with van der Waals surface area (Å²) < 4.78 is 0. The quantitative estimate of drug-likeness (QED) is 0.548. The van der Waals surface area contributed by atoms with E-state index in [1.807, 2.05) is 26.0 Å². The molecular formula is C8H18O2. The van der Waals surface area contributed by atoms with Gasteiger partial charge in [-0.1, -0.05) is 12.2 Å². The third-order valence-corrected chi connectivity index (χ3v) is 1.03. The van der Waals surface area contributed by atoms with E-state index >= 15 is 0 Å². The molecule has 0 aliphatic carbocycles. The third kappa shape index (κ3) is 15.6. The van der Waals surface area contributed by atoms with E-state index in [0.717, 1.165) is 0 Å². The molecule has 0 saturated heterocycles. The second-order valence-electron chi connectivity index (χ2n) is 2.15. The fourth-order valence-corrected chi connectivity index (χ4v) is 0. The number of aliphatic hydroxyl groups excluding tert-OH is 2.